The Balaban J connectivity index is 1.98. The maximum absolute atomic E-state index is 6.09. The van der Waals surface area contributed by atoms with Crippen molar-refractivity contribution in [2.24, 2.45) is 0 Å². The third-order valence-electron chi connectivity index (χ3n) is 2.23. The fraction of sp³-hybridized carbons (Fsp3) is 0.400. The van der Waals surface area contributed by atoms with Crippen LogP contribution in [0.15, 0.2) is 30.3 Å². The van der Waals surface area contributed by atoms with E-state index in [2.05, 4.69) is 10.4 Å². The second-order valence-electron chi connectivity index (χ2n) is 3.25. The number of halogens is 1. The summed E-state index contributed by atoms with van der Waals surface area (Å²) in [6.07, 6.45) is 2.25. The maximum atomic E-state index is 6.09. The van der Waals surface area contributed by atoms with Crippen molar-refractivity contribution in [3.05, 3.63) is 30.3 Å². The molecule has 13 heavy (non-hydrogen) atoms. The van der Waals surface area contributed by atoms with Crippen molar-refractivity contribution in [1.29, 1.82) is 0 Å². The van der Waals surface area contributed by atoms with Crippen LogP contribution in [0.25, 0.3) is 0 Å². The summed E-state index contributed by atoms with van der Waals surface area (Å²) in [4.78, 5) is 0. The van der Waals surface area contributed by atoms with Gasteiger partial charge in [0.25, 0.3) is 0 Å². The van der Waals surface area contributed by atoms with Crippen molar-refractivity contribution in [1.82, 2.24) is 5.01 Å². The topological polar surface area (TPSA) is 15.3 Å². The number of nitrogens with zero attached hydrogens (tertiary/aromatic N) is 1. The van der Waals surface area contributed by atoms with Gasteiger partial charge in [0.1, 0.15) is 5.50 Å². The van der Waals surface area contributed by atoms with Crippen molar-refractivity contribution in [2.45, 2.75) is 18.3 Å². The third kappa shape index (κ3) is 2.14. The lowest BCUT2D eigenvalue weighted by Gasteiger charge is -2.21. The van der Waals surface area contributed by atoms with Gasteiger partial charge in [-0.3, -0.25) is 0 Å². The zero-order valence-corrected chi connectivity index (χ0v) is 8.17. The van der Waals surface area contributed by atoms with Crippen LogP contribution in [0.3, 0.4) is 0 Å². The molecule has 0 spiro atoms. The van der Waals surface area contributed by atoms with Crippen LogP contribution in [0.1, 0.15) is 12.8 Å². The van der Waals surface area contributed by atoms with Gasteiger partial charge >= 0.3 is 0 Å². The summed E-state index contributed by atoms with van der Waals surface area (Å²) in [5, 5.41) is 2.08. The van der Waals surface area contributed by atoms with Crippen LogP contribution < -0.4 is 5.43 Å². The SMILES string of the molecule is ClC1CCCN1Nc1ccccc1. The van der Waals surface area contributed by atoms with Gasteiger partial charge in [0.15, 0.2) is 0 Å². The molecule has 0 radical (unpaired) electrons. The Morgan fingerprint density at radius 3 is 2.69 bits per heavy atom. The Morgan fingerprint density at radius 2 is 2.08 bits per heavy atom. The summed E-state index contributed by atoms with van der Waals surface area (Å²) < 4.78 is 0. The molecule has 0 aromatic heterocycles. The highest BCUT2D eigenvalue weighted by Crippen LogP contribution is 2.21. The van der Waals surface area contributed by atoms with E-state index in [0.29, 0.717) is 0 Å². The quantitative estimate of drug-likeness (QED) is 0.578. The van der Waals surface area contributed by atoms with Gasteiger partial charge in [-0.15, -0.1) is 11.6 Å². The van der Waals surface area contributed by atoms with Crippen molar-refractivity contribution in [3.8, 4) is 0 Å². The molecule has 1 atom stereocenters. The Labute approximate surface area is 83.5 Å². The lowest BCUT2D eigenvalue weighted by molar-refractivity contribution is 0.379. The molecule has 1 unspecified atom stereocenters. The molecule has 1 aromatic carbocycles. The van der Waals surface area contributed by atoms with Crippen molar-refractivity contribution >= 4 is 17.3 Å². The summed E-state index contributed by atoms with van der Waals surface area (Å²) in [6.45, 7) is 1.03. The number of para-hydroxylation sites is 1. The molecule has 70 valence electrons. The molecular formula is C10H13ClN2. The van der Waals surface area contributed by atoms with E-state index >= 15 is 0 Å². The molecule has 3 heteroatoms. The van der Waals surface area contributed by atoms with E-state index in [1.54, 1.807) is 0 Å². The van der Waals surface area contributed by atoms with Gasteiger partial charge in [0.05, 0.1) is 0 Å². The molecule has 1 N–H and O–H groups in total. The van der Waals surface area contributed by atoms with Crippen LogP contribution in [-0.4, -0.2) is 17.1 Å². The highest BCUT2D eigenvalue weighted by molar-refractivity contribution is 6.20. The molecule has 2 nitrogen and oxygen atoms in total. The first-order valence-corrected chi connectivity index (χ1v) is 5.02. The number of benzene rings is 1. The van der Waals surface area contributed by atoms with Crippen LogP contribution >= 0.6 is 11.6 Å². The smallest absolute Gasteiger partial charge is 0.103 e. The fourth-order valence-electron chi connectivity index (χ4n) is 1.53. The third-order valence-corrected chi connectivity index (χ3v) is 2.68. The molecule has 1 fully saturated rings. The number of hydrogen-bond acceptors (Lipinski definition) is 2. The lowest BCUT2D eigenvalue weighted by atomic mass is 10.3. The summed E-state index contributed by atoms with van der Waals surface area (Å²) >= 11 is 6.09. The first-order valence-electron chi connectivity index (χ1n) is 4.59. The second-order valence-corrected chi connectivity index (χ2v) is 3.75. The van der Waals surface area contributed by atoms with Gasteiger partial charge in [-0.05, 0) is 25.0 Å². The summed E-state index contributed by atoms with van der Waals surface area (Å²) in [7, 11) is 0. The highest BCUT2D eigenvalue weighted by atomic mass is 35.5. The molecule has 1 aliphatic heterocycles. The number of hydrazine groups is 1. The minimum atomic E-state index is 0.139. The van der Waals surface area contributed by atoms with Gasteiger partial charge in [-0.2, -0.15) is 0 Å². The van der Waals surface area contributed by atoms with E-state index in [1.807, 2.05) is 30.3 Å². The zero-order chi connectivity index (χ0) is 9.10. The van der Waals surface area contributed by atoms with Crippen LogP contribution in [0, 0.1) is 0 Å². The van der Waals surface area contributed by atoms with E-state index in [-0.39, 0.29) is 5.50 Å². The lowest BCUT2D eigenvalue weighted by Crippen LogP contribution is -2.31. The molecule has 1 heterocycles. The van der Waals surface area contributed by atoms with E-state index in [0.717, 1.165) is 18.7 Å². The van der Waals surface area contributed by atoms with Gasteiger partial charge in [-0.25, -0.2) is 5.01 Å². The minimum absolute atomic E-state index is 0.139. The van der Waals surface area contributed by atoms with Crippen molar-refractivity contribution in [3.63, 3.8) is 0 Å². The van der Waals surface area contributed by atoms with Crippen LogP contribution in [0.5, 0.6) is 0 Å². The average molecular weight is 197 g/mol. The molecule has 0 saturated carbocycles. The first kappa shape index (κ1) is 8.85. The number of hydrogen-bond donors (Lipinski definition) is 1. The van der Waals surface area contributed by atoms with Crippen molar-refractivity contribution < 1.29 is 0 Å². The number of alkyl halides is 1. The van der Waals surface area contributed by atoms with Gasteiger partial charge in [-0.1, -0.05) is 18.2 Å². The van der Waals surface area contributed by atoms with Crippen LogP contribution in [-0.2, 0) is 0 Å². The monoisotopic (exact) mass is 196 g/mol. The van der Waals surface area contributed by atoms with Gasteiger partial charge < -0.3 is 5.43 Å². The Kier molecular flexibility index (Phi) is 2.71. The standard InChI is InChI=1S/C10H13ClN2/c11-10-7-4-8-13(10)12-9-5-2-1-3-6-9/h1-3,5-6,10,12H,4,7-8H2. The van der Waals surface area contributed by atoms with Crippen molar-refractivity contribution in [2.75, 3.05) is 12.0 Å². The number of anilines is 1. The predicted octanol–water partition coefficient (Wildman–Crippen LogP) is 2.67. The normalized spacial score (nSPS) is 23.3. The molecular weight excluding hydrogens is 184 g/mol. The summed E-state index contributed by atoms with van der Waals surface area (Å²) in [5.74, 6) is 0. The zero-order valence-electron chi connectivity index (χ0n) is 7.41. The molecule has 0 amide bonds. The largest absolute Gasteiger partial charge is 0.317 e. The predicted molar refractivity (Wildman–Crippen MR) is 55.6 cm³/mol. The number of rotatable bonds is 2. The Morgan fingerprint density at radius 1 is 1.31 bits per heavy atom. The molecule has 0 aliphatic carbocycles. The summed E-state index contributed by atoms with van der Waals surface area (Å²) in [5.41, 5.74) is 4.54. The maximum Gasteiger partial charge on any atom is 0.103 e. The van der Waals surface area contributed by atoms with E-state index in [4.69, 9.17) is 11.6 Å². The molecule has 1 aromatic rings. The van der Waals surface area contributed by atoms with E-state index in [1.165, 1.54) is 6.42 Å². The highest BCUT2D eigenvalue weighted by Gasteiger charge is 2.21. The Bertz CT molecular complexity index is 263. The van der Waals surface area contributed by atoms with Gasteiger partial charge in [0, 0.05) is 12.2 Å². The van der Waals surface area contributed by atoms with E-state index in [9.17, 15) is 0 Å². The first-order chi connectivity index (χ1) is 6.36. The van der Waals surface area contributed by atoms with Gasteiger partial charge in [0.2, 0.25) is 0 Å². The Hall–Kier alpha value is -0.730. The minimum Gasteiger partial charge on any atom is -0.317 e. The molecule has 0 bridgehead atoms. The van der Waals surface area contributed by atoms with Crippen LogP contribution in [0.4, 0.5) is 5.69 Å². The number of nitrogens with one attached hydrogen (secondary N) is 1. The summed E-state index contributed by atoms with van der Waals surface area (Å²) in [6, 6.07) is 10.1. The van der Waals surface area contributed by atoms with Crippen LogP contribution in [0.2, 0.25) is 0 Å². The van der Waals surface area contributed by atoms with E-state index < -0.39 is 0 Å². The average Bonchev–Trinajstić information content (AvgIpc) is 2.54. The fourth-order valence-corrected chi connectivity index (χ4v) is 1.83. The molecule has 2 rings (SSSR count). The molecule has 1 saturated heterocycles. The second kappa shape index (κ2) is 3.99. The molecule has 1 aliphatic rings.